The lowest BCUT2D eigenvalue weighted by molar-refractivity contribution is -0.142. The summed E-state index contributed by atoms with van der Waals surface area (Å²) in [7, 11) is 1.55. The molecule has 2 aliphatic rings. The number of rotatable bonds is 8. The quantitative estimate of drug-likeness (QED) is 0.434. The van der Waals surface area contributed by atoms with Crippen molar-refractivity contribution in [3.8, 4) is 22.8 Å². The Kier molecular flexibility index (Phi) is 5.98. The third kappa shape index (κ3) is 4.37. The van der Waals surface area contributed by atoms with Gasteiger partial charge in [-0.3, -0.25) is 9.78 Å². The zero-order chi connectivity index (χ0) is 23.8. The molecule has 1 heterocycles. The Morgan fingerprint density at radius 1 is 1.12 bits per heavy atom. The van der Waals surface area contributed by atoms with Gasteiger partial charge in [0.1, 0.15) is 23.4 Å². The van der Waals surface area contributed by atoms with Gasteiger partial charge in [-0.15, -0.1) is 0 Å². The summed E-state index contributed by atoms with van der Waals surface area (Å²) in [4.78, 5) is 16.2. The van der Waals surface area contributed by atoms with Crippen LogP contribution in [-0.4, -0.2) is 23.2 Å². The molecule has 0 radical (unpaired) electrons. The molecule has 176 valence electrons. The van der Waals surface area contributed by atoms with Gasteiger partial charge in [0.15, 0.2) is 0 Å². The highest BCUT2D eigenvalue weighted by atomic mass is 19.1. The van der Waals surface area contributed by atoms with Crippen molar-refractivity contribution in [2.75, 3.05) is 7.11 Å². The molecule has 1 N–H and O–H groups in total. The van der Waals surface area contributed by atoms with E-state index in [0.29, 0.717) is 22.9 Å². The lowest BCUT2D eigenvalue weighted by Gasteiger charge is -2.22. The van der Waals surface area contributed by atoms with Crippen LogP contribution >= 0.6 is 0 Å². The molecule has 3 aromatic rings. The van der Waals surface area contributed by atoms with Crippen LogP contribution in [0.5, 0.6) is 11.5 Å². The van der Waals surface area contributed by atoms with Crippen LogP contribution in [0.1, 0.15) is 54.9 Å². The summed E-state index contributed by atoms with van der Waals surface area (Å²) in [6.07, 6.45) is 5.42. The van der Waals surface area contributed by atoms with Gasteiger partial charge in [-0.05, 0) is 85.0 Å². The molecule has 1 saturated carbocycles. The normalized spacial score (nSPS) is 18.7. The fraction of sp³-hybridized carbons (Fsp3) is 0.357. The van der Waals surface area contributed by atoms with E-state index in [-0.39, 0.29) is 17.8 Å². The van der Waals surface area contributed by atoms with E-state index in [1.165, 1.54) is 6.07 Å². The molecule has 0 saturated heterocycles. The Labute approximate surface area is 198 Å². The van der Waals surface area contributed by atoms with Crippen LogP contribution in [0.3, 0.4) is 0 Å². The van der Waals surface area contributed by atoms with Gasteiger partial charge in [0.05, 0.1) is 18.7 Å². The maximum Gasteiger partial charge on any atom is 0.306 e. The Bertz CT molecular complexity index is 1220. The van der Waals surface area contributed by atoms with Crippen LogP contribution in [0.25, 0.3) is 11.3 Å². The van der Waals surface area contributed by atoms with Crippen molar-refractivity contribution >= 4 is 5.97 Å². The molecule has 1 aromatic heterocycles. The third-order valence-corrected chi connectivity index (χ3v) is 7.08. The van der Waals surface area contributed by atoms with E-state index in [2.05, 4.69) is 4.98 Å². The molecule has 5 rings (SSSR count). The van der Waals surface area contributed by atoms with Crippen LogP contribution in [0.2, 0.25) is 0 Å². The van der Waals surface area contributed by atoms with Gasteiger partial charge >= 0.3 is 5.97 Å². The number of ether oxygens (including phenoxy) is 2. The summed E-state index contributed by atoms with van der Waals surface area (Å²) in [6, 6.07) is 14.4. The standard InChI is InChI=1S/C28H28FNO4/c1-16(28(31)32)27(17-6-7-17)19-4-3-5-21(12-19)34-26-11-8-18-13-25(30-15-23(18)26)22-14-20(33-2)9-10-24(22)29/h3-5,9-10,12-17,26-27H,6-8,11H2,1-2H3,(H,31,32). The molecule has 0 aliphatic heterocycles. The summed E-state index contributed by atoms with van der Waals surface area (Å²) in [5.74, 6) is 0.212. The number of methoxy groups -OCH3 is 1. The lowest BCUT2D eigenvalue weighted by Crippen LogP contribution is -2.20. The molecule has 5 nitrogen and oxygen atoms in total. The average Bonchev–Trinajstić information content (AvgIpc) is 3.60. The van der Waals surface area contributed by atoms with Gasteiger partial charge in [-0.1, -0.05) is 19.1 Å². The number of carbonyl (C=O) groups is 1. The van der Waals surface area contributed by atoms with Gasteiger partial charge < -0.3 is 14.6 Å². The van der Waals surface area contributed by atoms with Gasteiger partial charge in [0.25, 0.3) is 0 Å². The Morgan fingerprint density at radius 2 is 1.94 bits per heavy atom. The number of aromatic nitrogens is 1. The van der Waals surface area contributed by atoms with Crippen molar-refractivity contribution in [3.63, 3.8) is 0 Å². The van der Waals surface area contributed by atoms with Crippen molar-refractivity contribution in [2.24, 2.45) is 11.8 Å². The Balaban J connectivity index is 1.37. The van der Waals surface area contributed by atoms with E-state index in [9.17, 15) is 14.3 Å². The Hall–Kier alpha value is -3.41. The molecular weight excluding hydrogens is 433 g/mol. The number of pyridine rings is 1. The van der Waals surface area contributed by atoms with Crippen molar-refractivity contribution in [3.05, 3.63) is 77.2 Å². The second-order valence-electron chi connectivity index (χ2n) is 9.32. The molecule has 34 heavy (non-hydrogen) atoms. The third-order valence-electron chi connectivity index (χ3n) is 7.08. The molecule has 3 atom stereocenters. The minimum atomic E-state index is -0.762. The smallest absolute Gasteiger partial charge is 0.306 e. The molecule has 0 spiro atoms. The van der Waals surface area contributed by atoms with Gasteiger partial charge in [0.2, 0.25) is 0 Å². The molecule has 2 aliphatic carbocycles. The second-order valence-corrected chi connectivity index (χ2v) is 9.32. The minimum Gasteiger partial charge on any atom is -0.497 e. The number of halogens is 1. The molecule has 1 fully saturated rings. The minimum absolute atomic E-state index is 0.00102. The number of hydrogen-bond donors (Lipinski definition) is 1. The maximum atomic E-state index is 14.4. The number of nitrogens with zero attached hydrogens (tertiary/aromatic N) is 1. The number of carboxylic acid groups (broad SMARTS) is 1. The van der Waals surface area contributed by atoms with Gasteiger partial charge in [0, 0.05) is 17.3 Å². The summed E-state index contributed by atoms with van der Waals surface area (Å²) in [5, 5.41) is 9.58. The van der Waals surface area contributed by atoms with Crippen LogP contribution < -0.4 is 9.47 Å². The van der Waals surface area contributed by atoms with E-state index in [1.807, 2.05) is 30.3 Å². The van der Waals surface area contributed by atoms with E-state index >= 15 is 0 Å². The largest absolute Gasteiger partial charge is 0.497 e. The number of aryl methyl sites for hydroxylation is 1. The van der Waals surface area contributed by atoms with Crippen LogP contribution in [0.4, 0.5) is 4.39 Å². The molecular formula is C28H28FNO4. The number of aliphatic carboxylic acids is 1. The van der Waals surface area contributed by atoms with Crippen LogP contribution in [-0.2, 0) is 11.2 Å². The maximum absolute atomic E-state index is 14.4. The SMILES string of the molecule is COc1ccc(F)c(-c2cc3c(cn2)C(Oc2cccc(C(C4CC4)C(C)C(=O)O)c2)CC3)c1. The van der Waals surface area contributed by atoms with Crippen molar-refractivity contribution in [1.82, 2.24) is 4.98 Å². The predicted molar refractivity (Wildman–Crippen MR) is 127 cm³/mol. The van der Waals surface area contributed by atoms with E-state index in [4.69, 9.17) is 9.47 Å². The molecule has 6 heteroatoms. The molecule has 0 amide bonds. The zero-order valence-corrected chi connectivity index (χ0v) is 19.3. The number of hydrogen-bond acceptors (Lipinski definition) is 4. The summed E-state index contributed by atoms with van der Waals surface area (Å²) < 4.78 is 26.0. The Morgan fingerprint density at radius 3 is 2.68 bits per heavy atom. The van der Waals surface area contributed by atoms with E-state index in [1.54, 1.807) is 32.4 Å². The average molecular weight is 462 g/mol. The fourth-order valence-electron chi connectivity index (χ4n) is 5.09. The predicted octanol–water partition coefficient (Wildman–Crippen LogP) is 6.18. The van der Waals surface area contributed by atoms with Crippen LogP contribution in [0.15, 0.2) is 54.7 Å². The zero-order valence-electron chi connectivity index (χ0n) is 19.3. The first-order chi connectivity index (χ1) is 16.4. The molecule has 2 aromatic carbocycles. The monoisotopic (exact) mass is 461 g/mol. The van der Waals surface area contributed by atoms with Crippen LogP contribution in [0, 0.1) is 17.7 Å². The summed E-state index contributed by atoms with van der Waals surface area (Å²) in [6.45, 7) is 1.79. The van der Waals surface area contributed by atoms with E-state index < -0.39 is 11.9 Å². The first-order valence-electron chi connectivity index (χ1n) is 11.8. The summed E-state index contributed by atoms with van der Waals surface area (Å²) >= 11 is 0. The summed E-state index contributed by atoms with van der Waals surface area (Å²) in [5.41, 5.74) is 4.12. The first kappa shape index (κ1) is 22.4. The van der Waals surface area contributed by atoms with Crippen molar-refractivity contribution in [1.29, 1.82) is 0 Å². The van der Waals surface area contributed by atoms with Gasteiger partial charge in [-0.2, -0.15) is 0 Å². The highest BCUT2D eigenvalue weighted by molar-refractivity contribution is 5.71. The van der Waals surface area contributed by atoms with Gasteiger partial charge in [-0.25, -0.2) is 4.39 Å². The number of benzene rings is 2. The number of fused-ring (bicyclic) bond motifs is 1. The van der Waals surface area contributed by atoms with Crippen molar-refractivity contribution < 1.29 is 23.8 Å². The highest BCUT2D eigenvalue weighted by Crippen LogP contribution is 2.47. The topological polar surface area (TPSA) is 68.7 Å². The van der Waals surface area contributed by atoms with E-state index in [0.717, 1.165) is 48.1 Å². The fourth-order valence-corrected chi connectivity index (χ4v) is 5.09. The lowest BCUT2D eigenvalue weighted by atomic mass is 9.83. The molecule has 0 bridgehead atoms. The van der Waals surface area contributed by atoms with Crippen molar-refractivity contribution in [2.45, 2.75) is 44.6 Å². The first-order valence-corrected chi connectivity index (χ1v) is 11.8. The second kappa shape index (κ2) is 9.09. The highest BCUT2D eigenvalue weighted by Gasteiger charge is 2.38. The number of carboxylic acids is 1. The molecule has 3 unspecified atom stereocenters.